The third-order valence-corrected chi connectivity index (χ3v) is 4.83. The van der Waals surface area contributed by atoms with Crippen LogP contribution in [0.25, 0.3) is 11.0 Å². The number of fused-ring (bicyclic) bond motifs is 1. The summed E-state index contributed by atoms with van der Waals surface area (Å²) in [5, 5.41) is 10.3. The normalized spacial score (nSPS) is 21.7. The van der Waals surface area contributed by atoms with Crippen LogP contribution in [0.5, 0.6) is 0 Å². The van der Waals surface area contributed by atoms with Crippen molar-refractivity contribution < 1.29 is 19.1 Å². The molecule has 1 amide bonds. The molecule has 22 heavy (non-hydrogen) atoms. The summed E-state index contributed by atoms with van der Waals surface area (Å²) in [7, 11) is 0. The van der Waals surface area contributed by atoms with Gasteiger partial charge in [-0.1, -0.05) is 32.0 Å². The monoisotopic (exact) mass is 301 g/mol. The second-order valence-electron chi connectivity index (χ2n) is 6.24. The third-order valence-electron chi connectivity index (χ3n) is 4.83. The lowest BCUT2D eigenvalue weighted by Gasteiger charge is -2.28. The van der Waals surface area contributed by atoms with E-state index < -0.39 is 11.4 Å². The zero-order valence-electron chi connectivity index (χ0n) is 12.7. The minimum absolute atomic E-state index is 0.0242. The molecule has 0 bridgehead atoms. The molecule has 0 saturated carbocycles. The Morgan fingerprint density at radius 2 is 2.05 bits per heavy atom. The lowest BCUT2D eigenvalue weighted by atomic mass is 9.76. The van der Waals surface area contributed by atoms with Crippen molar-refractivity contribution in [2.24, 2.45) is 11.3 Å². The van der Waals surface area contributed by atoms with Crippen LogP contribution in [-0.2, 0) is 4.79 Å². The summed E-state index contributed by atoms with van der Waals surface area (Å²) in [5.41, 5.74) is 0.314. The van der Waals surface area contributed by atoms with E-state index in [4.69, 9.17) is 4.42 Å². The molecule has 2 heterocycles. The number of hydrogen-bond donors (Lipinski definition) is 1. The van der Waals surface area contributed by atoms with Crippen LogP contribution < -0.4 is 0 Å². The standard InChI is InChI=1S/C17H19NO4/c1-11(2)17(16(20)21)7-8-18(10-17)15(19)13-9-22-14-6-4-3-5-12(13)14/h3-6,9,11H,7-8,10H2,1-2H3,(H,20,21). The molecule has 3 rings (SSSR count). The zero-order valence-corrected chi connectivity index (χ0v) is 12.7. The van der Waals surface area contributed by atoms with E-state index in [2.05, 4.69) is 0 Å². The molecule has 1 aliphatic rings. The molecule has 116 valence electrons. The number of aliphatic carboxylic acids is 1. The van der Waals surface area contributed by atoms with E-state index in [1.54, 1.807) is 4.90 Å². The summed E-state index contributed by atoms with van der Waals surface area (Å²) in [4.78, 5) is 26.0. The highest BCUT2D eigenvalue weighted by atomic mass is 16.4. The maximum atomic E-state index is 12.7. The Morgan fingerprint density at radius 1 is 1.32 bits per heavy atom. The van der Waals surface area contributed by atoms with Crippen molar-refractivity contribution in [3.8, 4) is 0 Å². The number of carbonyl (C=O) groups is 2. The molecule has 0 spiro atoms. The van der Waals surface area contributed by atoms with Gasteiger partial charge in [-0.2, -0.15) is 0 Å². The molecule has 5 heteroatoms. The van der Waals surface area contributed by atoms with Gasteiger partial charge in [0, 0.05) is 18.5 Å². The van der Waals surface area contributed by atoms with Crippen LogP contribution in [0.3, 0.4) is 0 Å². The molecular formula is C17H19NO4. The molecule has 1 N–H and O–H groups in total. The lowest BCUT2D eigenvalue weighted by molar-refractivity contribution is -0.150. The Bertz CT molecular complexity index is 733. The van der Waals surface area contributed by atoms with E-state index in [0.29, 0.717) is 24.1 Å². The van der Waals surface area contributed by atoms with Crippen molar-refractivity contribution in [1.82, 2.24) is 4.90 Å². The van der Waals surface area contributed by atoms with Gasteiger partial charge in [-0.05, 0) is 18.4 Å². The van der Waals surface area contributed by atoms with Gasteiger partial charge < -0.3 is 14.4 Å². The number of carboxylic acid groups (broad SMARTS) is 1. The number of hydrogen-bond acceptors (Lipinski definition) is 3. The fraction of sp³-hybridized carbons (Fsp3) is 0.412. The first-order valence-electron chi connectivity index (χ1n) is 7.44. The van der Waals surface area contributed by atoms with Gasteiger partial charge in [-0.15, -0.1) is 0 Å². The van der Waals surface area contributed by atoms with E-state index >= 15 is 0 Å². The molecule has 1 atom stereocenters. The van der Waals surface area contributed by atoms with Crippen LogP contribution >= 0.6 is 0 Å². The van der Waals surface area contributed by atoms with Gasteiger partial charge in [0.2, 0.25) is 0 Å². The Labute approximate surface area is 128 Å². The predicted molar refractivity (Wildman–Crippen MR) is 81.6 cm³/mol. The average Bonchev–Trinajstić information content (AvgIpc) is 3.12. The van der Waals surface area contributed by atoms with E-state index in [1.807, 2.05) is 38.1 Å². The Kier molecular flexibility index (Phi) is 3.43. The average molecular weight is 301 g/mol. The van der Waals surface area contributed by atoms with Crippen molar-refractivity contribution in [2.75, 3.05) is 13.1 Å². The van der Waals surface area contributed by atoms with E-state index in [-0.39, 0.29) is 18.4 Å². The molecule has 0 radical (unpaired) electrons. The summed E-state index contributed by atoms with van der Waals surface area (Å²) >= 11 is 0. The molecule has 1 aliphatic heterocycles. The quantitative estimate of drug-likeness (QED) is 0.946. The second-order valence-corrected chi connectivity index (χ2v) is 6.24. The number of nitrogens with zero attached hydrogens (tertiary/aromatic N) is 1. The predicted octanol–water partition coefficient (Wildman–Crippen LogP) is 3.01. The summed E-state index contributed by atoms with van der Waals surface area (Å²) in [6.07, 6.45) is 1.95. The molecule has 1 aromatic heterocycles. The zero-order chi connectivity index (χ0) is 15.9. The molecule has 1 saturated heterocycles. The van der Waals surface area contributed by atoms with Crippen molar-refractivity contribution in [3.05, 3.63) is 36.1 Å². The molecule has 2 aromatic rings. The van der Waals surface area contributed by atoms with E-state index in [9.17, 15) is 14.7 Å². The van der Waals surface area contributed by atoms with Crippen molar-refractivity contribution in [2.45, 2.75) is 20.3 Å². The third kappa shape index (κ3) is 2.08. The number of carboxylic acids is 1. The maximum Gasteiger partial charge on any atom is 0.311 e. The lowest BCUT2D eigenvalue weighted by Crippen LogP contribution is -2.40. The van der Waals surface area contributed by atoms with Crippen molar-refractivity contribution >= 4 is 22.8 Å². The van der Waals surface area contributed by atoms with E-state index in [0.717, 1.165) is 5.39 Å². The highest BCUT2D eigenvalue weighted by molar-refractivity contribution is 6.06. The first-order chi connectivity index (χ1) is 10.5. The van der Waals surface area contributed by atoms with Crippen LogP contribution in [0.1, 0.15) is 30.6 Å². The summed E-state index contributed by atoms with van der Waals surface area (Å²) in [6, 6.07) is 7.36. The smallest absolute Gasteiger partial charge is 0.311 e. The number of para-hydroxylation sites is 1. The van der Waals surface area contributed by atoms with Gasteiger partial charge in [0.1, 0.15) is 11.8 Å². The summed E-state index contributed by atoms with van der Waals surface area (Å²) in [5.74, 6) is -1.01. The topological polar surface area (TPSA) is 70.8 Å². The number of benzene rings is 1. The van der Waals surface area contributed by atoms with Crippen LogP contribution in [0, 0.1) is 11.3 Å². The highest BCUT2D eigenvalue weighted by Gasteiger charge is 2.48. The number of likely N-dealkylation sites (tertiary alicyclic amines) is 1. The second kappa shape index (κ2) is 5.16. The first kappa shape index (κ1) is 14.6. The molecule has 0 aliphatic carbocycles. The van der Waals surface area contributed by atoms with E-state index in [1.165, 1.54) is 6.26 Å². The largest absolute Gasteiger partial charge is 0.481 e. The van der Waals surface area contributed by atoms with Gasteiger partial charge in [0.25, 0.3) is 5.91 Å². The van der Waals surface area contributed by atoms with Crippen LogP contribution in [0.15, 0.2) is 34.9 Å². The molecule has 1 aromatic carbocycles. The van der Waals surface area contributed by atoms with Crippen molar-refractivity contribution in [3.63, 3.8) is 0 Å². The summed E-state index contributed by atoms with van der Waals surface area (Å²) in [6.45, 7) is 4.51. The molecule has 1 unspecified atom stereocenters. The fourth-order valence-corrected chi connectivity index (χ4v) is 3.21. The Morgan fingerprint density at radius 3 is 2.68 bits per heavy atom. The number of amides is 1. The van der Waals surface area contributed by atoms with Crippen LogP contribution in [0.4, 0.5) is 0 Å². The highest BCUT2D eigenvalue weighted by Crippen LogP contribution is 2.39. The fourth-order valence-electron chi connectivity index (χ4n) is 3.21. The van der Waals surface area contributed by atoms with Crippen molar-refractivity contribution in [1.29, 1.82) is 0 Å². The first-order valence-corrected chi connectivity index (χ1v) is 7.44. The Hall–Kier alpha value is -2.30. The summed E-state index contributed by atoms with van der Waals surface area (Å²) < 4.78 is 5.41. The maximum absolute atomic E-state index is 12.7. The molecular weight excluding hydrogens is 282 g/mol. The SMILES string of the molecule is CC(C)C1(C(=O)O)CCN(C(=O)c2coc3ccccc23)C1. The van der Waals surface area contributed by atoms with Gasteiger partial charge in [0.05, 0.1) is 11.0 Å². The number of furan rings is 1. The van der Waals surface area contributed by atoms with Gasteiger partial charge >= 0.3 is 5.97 Å². The van der Waals surface area contributed by atoms with Gasteiger partial charge in [0.15, 0.2) is 0 Å². The van der Waals surface area contributed by atoms with Crippen LogP contribution in [0.2, 0.25) is 0 Å². The van der Waals surface area contributed by atoms with Gasteiger partial charge in [-0.3, -0.25) is 9.59 Å². The molecule has 5 nitrogen and oxygen atoms in total. The number of rotatable bonds is 3. The minimum atomic E-state index is -0.852. The minimum Gasteiger partial charge on any atom is -0.481 e. The van der Waals surface area contributed by atoms with Crippen LogP contribution in [-0.4, -0.2) is 35.0 Å². The Balaban J connectivity index is 1.90. The van der Waals surface area contributed by atoms with Gasteiger partial charge in [-0.25, -0.2) is 0 Å². The molecule has 1 fully saturated rings. The number of carbonyl (C=O) groups excluding carboxylic acids is 1.